The van der Waals surface area contributed by atoms with E-state index in [0.717, 1.165) is 35.6 Å². The molecule has 0 aliphatic carbocycles. The predicted octanol–water partition coefficient (Wildman–Crippen LogP) is 5.35. The minimum atomic E-state index is -0.725. The van der Waals surface area contributed by atoms with Gasteiger partial charge >= 0.3 is 0 Å². The standard InChI is InChI=1S/C25H22F2N4O3S/c1-15(24(32)28-21-14-16(26)8-13-20(21)27)35-25-30-29-23(19-6-4-5-7-22(19)34-3)31(25)17-9-11-18(33-2)12-10-17/h4-15H,1-3H3,(H,28,32). The molecule has 35 heavy (non-hydrogen) atoms. The third-order valence-electron chi connectivity index (χ3n) is 5.15. The lowest BCUT2D eigenvalue weighted by molar-refractivity contribution is -0.115. The molecule has 0 saturated carbocycles. The van der Waals surface area contributed by atoms with Crippen molar-refractivity contribution >= 4 is 23.4 Å². The van der Waals surface area contributed by atoms with Crippen LogP contribution >= 0.6 is 11.8 Å². The van der Waals surface area contributed by atoms with E-state index in [0.29, 0.717) is 28.0 Å². The molecule has 10 heteroatoms. The fourth-order valence-electron chi connectivity index (χ4n) is 3.35. The van der Waals surface area contributed by atoms with E-state index in [1.54, 1.807) is 37.8 Å². The summed E-state index contributed by atoms with van der Waals surface area (Å²) in [5.74, 6) is -0.0839. The van der Waals surface area contributed by atoms with Gasteiger partial charge < -0.3 is 14.8 Å². The van der Waals surface area contributed by atoms with E-state index in [9.17, 15) is 13.6 Å². The lowest BCUT2D eigenvalue weighted by atomic mass is 10.2. The number of aromatic nitrogens is 3. The zero-order valence-electron chi connectivity index (χ0n) is 19.2. The average molecular weight is 497 g/mol. The second-order valence-corrected chi connectivity index (χ2v) is 8.72. The van der Waals surface area contributed by atoms with Gasteiger partial charge in [0.05, 0.1) is 36.4 Å². The number of para-hydroxylation sites is 1. The topological polar surface area (TPSA) is 78.3 Å². The Morgan fingerprint density at radius 3 is 2.46 bits per heavy atom. The zero-order valence-corrected chi connectivity index (χ0v) is 20.0. The van der Waals surface area contributed by atoms with Gasteiger partial charge in [0.25, 0.3) is 0 Å². The molecule has 3 aromatic carbocycles. The molecule has 1 amide bonds. The summed E-state index contributed by atoms with van der Waals surface area (Å²) in [5.41, 5.74) is 1.22. The van der Waals surface area contributed by atoms with Gasteiger partial charge in [0, 0.05) is 6.07 Å². The van der Waals surface area contributed by atoms with E-state index in [1.165, 1.54) is 0 Å². The molecular formula is C25H22F2N4O3S. The van der Waals surface area contributed by atoms with Crippen molar-refractivity contribution in [2.75, 3.05) is 19.5 Å². The van der Waals surface area contributed by atoms with Crippen molar-refractivity contribution in [2.24, 2.45) is 0 Å². The van der Waals surface area contributed by atoms with Crippen LogP contribution in [0.5, 0.6) is 11.5 Å². The van der Waals surface area contributed by atoms with Crippen molar-refractivity contribution in [1.29, 1.82) is 0 Å². The summed E-state index contributed by atoms with van der Waals surface area (Å²) in [6.45, 7) is 1.65. The molecule has 0 aliphatic rings. The first kappa shape index (κ1) is 24.2. The van der Waals surface area contributed by atoms with E-state index in [2.05, 4.69) is 15.5 Å². The maximum atomic E-state index is 14.0. The first-order valence-corrected chi connectivity index (χ1v) is 11.4. The quantitative estimate of drug-likeness (QED) is 0.332. The van der Waals surface area contributed by atoms with Crippen LogP contribution in [0.2, 0.25) is 0 Å². The van der Waals surface area contributed by atoms with E-state index in [-0.39, 0.29) is 5.69 Å². The second-order valence-electron chi connectivity index (χ2n) is 7.41. The van der Waals surface area contributed by atoms with Crippen LogP contribution in [0.3, 0.4) is 0 Å². The molecule has 1 atom stereocenters. The SMILES string of the molecule is COc1ccc(-n2c(SC(C)C(=O)Nc3cc(F)ccc3F)nnc2-c2ccccc2OC)cc1. The molecule has 4 aromatic rings. The molecule has 7 nitrogen and oxygen atoms in total. The normalized spacial score (nSPS) is 11.7. The van der Waals surface area contributed by atoms with Crippen LogP contribution in [-0.4, -0.2) is 40.1 Å². The van der Waals surface area contributed by atoms with Gasteiger partial charge in [-0.1, -0.05) is 23.9 Å². The van der Waals surface area contributed by atoms with Gasteiger partial charge in [0.15, 0.2) is 11.0 Å². The van der Waals surface area contributed by atoms with Crippen LogP contribution in [0.1, 0.15) is 6.92 Å². The van der Waals surface area contributed by atoms with Crippen molar-refractivity contribution in [3.05, 3.63) is 78.4 Å². The summed E-state index contributed by atoms with van der Waals surface area (Å²) in [6, 6.07) is 17.6. The number of nitrogens with zero attached hydrogens (tertiary/aromatic N) is 3. The monoisotopic (exact) mass is 496 g/mol. The highest BCUT2D eigenvalue weighted by atomic mass is 32.2. The lowest BCUT2D eigenvalue weighted by Gasteiger charge is -2.15. The molecule has 0 saturated heterocycles. The van der Waals surface area contributed by atoms with Gasteiger partial charge in [0.2, 0.25) is 5.91 Å². The number of carbonyl (C=O) groups excluding carboxylic acids is 1. The molecule has 1 aromatic heterocycles. The minimum absolute atomic E-state index is 0.228. The molecule has 0 aliphatic heterocycles. The number of anilines is 1. The number of rotatable bonds is 8. The highest BCUT2D eigenvalue weighted by molar-refractivity contribution is 8.00. The smallest absolute Gasteiger partial charge is 0.237 e. The molecule has 1 unspecified atom stereocenters. The number of thioether (sulfide) groups is 1. The second kappa shape index (κ2) is 10.6. The Morgan fingerprint density at radius 1 is 1.00 bits per heavy atom. The van der Waals surface area contributed by atoms with Gasteiger partial charge in [-0.2, -0.15) is 0 Å². The Balaban J connectivity index is 1.69. The zero-order chi connectivity index (χ0) is 24.9. The number of nitrogens with one attached hydrogen (secondary N) is 1. The summed E-state index contributed by atoms with van der Waals surface area (Å²) < 4.78 is 40.1. The van der Waals surface area contributed by atoms with Crippen molar-refractivity contribution in [3.8, 4) is 28.6 Å². The first-order chi connectivity index (χ1) is 16.9. The fraction of sp³-hybridized carbons (Fsp3) is 0.160. The van der Waals surface area contributed by atoms with E-state index < -0.39 is 22.8 Å². The van der Waals surface area contributed by atoms with Crippen molar-refractivity contribution in [2.45, 2.75) is 17.3 Å². The Hall–Kier alpha value is -3.92. The molecule has 0 spiro atoms. The summed E-state index contributed by atoms with van der Waals surface area (Å²) in [5, 5.41) is 10.9. The Morgan fingerprint density at radius 2 is 1.74 bits per heavy atom. The molecule has 1 N–H and O–H groups in total. The predicted molar refractivity (Wildman–Crippen MR) is 130 cm³/mol. The average Bonchev–Trinajstić information content (AvgIpc) is 3.29. The lowest BCUT2D eigenvalue weighted by Crippen LogP contribution is -2.23. The molecule has 0 bridgehead atoms. The van der Waals surface area contributed by atoms with Crippen LogP contribution in [0, 0.1) is 11.6 Å². The Kier molecular flexibility index (Phi) is 7.31. The summed E-state index contributed by atoms with van der Waals surface area (Å²) in [7, 11) is 3.15. The van der Waals surface area contributed by atoms with Crippen molar-refractivity contribution in [1.82, 2.24) is 14.8 Å². The number of halogens is 2. The van der Waals surface area contributed by atoms with Crippen molar-refractivity contribution in [3.63, 3.8) is 0 Å². The summed E-state index contributed by atoms with van der Waals surface area (Å²) in [4.78, 5) is 12.8. The van der Waals surface area contributed by atoms with E-state index in [4.69, 9.17) is 9.47 Å². The number of hydrogen-bond acceptors (Lipinski definition) is 6. The summed E-state index contributed by atoms with van der Waals surface area (Å²) in [6.07, 6.45) is 0. The number of amides is 1. The Labute approximate surface area is 205 Å². The third kappa shape index (κ3) is 5.27. The number of methoxy groups -OCH3 is 2. The fourth-order valence-corrected chi connectivity index (χ4v) is 4.22. The van der Waals surface area contributed by atoms with Crippen LogP contribution in [-0.2, 0) is 4.79 Å². The maximum absolute atomic E-state index is 14.0. The molecule has 0 radical (unpaired) electrons. The summed E-state index contributed by atoms with van der Waals surface area (Å²) >= 11 is 1.13. The molecule has 0 fully saturated rings. The van der Waals surface area contributed by atoms with Gasteiger partial charge in [-0.15, -0.1) is 10.2 Å². The van der Waals surface area contributed by atoms with Gasteiger partial charge in [-0.25, -0.2) is 8.78 Å². The largest absolute Gasteiger partial charge is 0.497 e. The third-order valence-corrected chi connectivity index (χ3v) is 6.19. The number of benzene rings is 3. The van der Waals surface area contributed by atoms with E-state index >= 15 is 0 Å². The number of ether oxygens (including phenoxy) is 2. The molecule has 4 rings (SSSR count). The van der Waals surface area contributed by atoms with Crippen LogP contribution < -0.4 is 14.8 Å². The van der Waals surface area contributed by atoms with Crippen LogP contribution in [0.4, 0.5) is 14.5 Å². The number of hydrogen-bond donors (Lipinski definition) is 1. The van der Waals surface area contributed by atoms with E-state index in [1.807, 2.05) is 36.4 Å². The van der Waals surface area contributed by atoms with Crippen molar-refractivity contribution < 1.29 is 23.0 Å². The van der Waals surface area contributed by atoms with Gasteiger partial charge in [-0.3, -0.25) is 9.36 Å². The molecule has 1 heterocycles. The highest BCUT2D eigenvalue weighted by Crippen LogP contribution is 2.35. The van der Waals surface area contributed by atoms with Crippen LogP contribution in [0.15, 0.2) is 71.9 Å². The molecular weight excluding hydrogens is 474 g/mol. The number of carbonyl (C=O) groups is 1. The van der Waals surface area contributed by atoms with Gasteiger partial charge in [0.1, 0.15) is 23.1 Å². The van der Waals surface area contributed by atoms with Crippen LogP contribution in [0.25, 0.3) is 17.1 Å². The molecule has 180 valence electrons. The Bertz CT molecular complexity index is 1350. The highest BCUT2D eigenvalue weighted by Gasteiger charge is 2.24. The maximum Gasteiger partial charge on any atom is 0.237 e. The minimum Gasteiger partial charge on any atom is -0.497 e. The van der Waals surface area contributed by atoms with Gasteiger partial charge in [-0.05, 0) is 55.5 Å². The first-order valence-electron chi connectivity index (χ1n) is 10.6.